The lowest BCUT2D eigenvalue weighted by Crippen LogP contribution is -2.25. The lowest BCUT2D eigenvalue weighted by molar-refractivity contribution is -0.118. The Hall–Kier alpha value is -3.00. The van der Waals surface area contributed by atoms with E-state index in [1.165, 1.54) is 16.4 Å². The van der Waals surface area contributed by atoms with Crippen LogP contribution in [-0.4, -0.2) is 33.1 Å². The summed E-state index contributed by atoms with van der Waals surface area (Å²) in [6.45, 7) is 3.04. The van der Waals surface area contributed by atoms with Gasteiger partial charge < -0.3 is 15.9 Å². The van der Waals surface area contributed by atoms with Crippen molar-refractivity contribution >= 4 is 17.7 Å². The number of aromatic nitrogens is 3. The molecule has 7 nitrogen and oxygen atoms in total. The van der Waals surface area contributed by atoms with Gasteiger partial charge in [-0.1, -0.05) is 42.1 Å². The molecule has 27 heavy (non-hydrogen) atoms. The van der Waals surface area contributed by atoms with Gasteiger partial charge in [0.2, 0.25) is 11.1 Å². The van der Waals surface area contributed by atoms with Crippen molar-refractivity contribution in [2.45, 2.75) is 18.6 Å². The first kappa shape index (κ1) is 18.8. The van der Waals surface area contributed by atoms with E-state index >= 15 is 0 Å². The highest BCUT2D eigenvalue weighted by atomic mass is 32.2. The van der Waals surface area contributed by atoms with Crippen LogP contribution in [0.3, 0.4) is 0 Å². The van der Waals surface area contributed by atoms with Crippen molar-refractivity contribution in [2.24, 2.45) is 0 Å². The Morgan fingerprint density at radius 2 is 1.89 bits per heavy atom. The molecule has 3 rings (SSSR count). The third-order valence-electron chi connectivity index (χ3n) is 3.75. The molecule has 0 fully saturated rings. The zero-order chi connectivity index (χ0) is 19.1. The van der Waals surface area contributed by atoms with Crippen LogP contribution < -0.4 is 15.9 Å². The Kier molecular flexibility index (Phi) is 6.32. The summed E-state index contributed by atoms with van der Waals surface area (Å²) in [6.07, 6.45) is 0. The average molecular weight is 383 g/mol. The van der Waals surface area contributed by atoms with Gasteiger partial charge in [0.05, 0.1) is 12.4 Å². The second-order valence-electron chi connectivity index (χ2n) is 5.68. The average Bonchev–Trinajstić information content (AvgIpc) is 3.07. The minimum Gasteiger partial charge on any atom is -0.494 e. The maximum absolute atomic E-state index is 12.0. The van der Waals surface area contributed by atoms with Crippen LogP contribution in [0.15, 0.2) is 59.8 Å². The van der Waals surface area contributed by atoms with Crippen LogP contribution in [0.25, 0.3) is 11.4 Å². The topological polar surface area (TPSA) is 95.1 Å². The van der Waals surface area contributed by atoms with E-state index in [4.69, 9.17) is 10.6 Å². The van der Waals surface area contributed by atoms with E-state index in [1.54, 1.807) is 0 Å². The van der Waals surface area contributed by atoms with E-state index in [2.05, 4.69) is 15.5 Å². The van der Waals surface area contributed by atoms with Crippen molar-refractivity contribution in [1.82, 2.24) is 20.2 Å². The van der Waals surface area contributed by atoms with Gasteiger partial charge in [-0.3, -0.25) is 4.79 Å². The summed E-state index contributed by atoms with van der Waals surface area (Å²) in [5.74, 6) is 7.54. The summed E-state index contributed by atoms with van der Waals surface area (Å²) < 4.78 is 6.82. The SMILES string of the molecule is CCOc1ccc(-c2nnc(SCC(=O)NCc3ccccc3)n2N)cc1. The molecule has 1 aromatic heterocycles. The fourth-order valence-electron chi connectivity index (χ4n) is 2.42. The molecule has 0 aliphatic rings. The molecule has 0 atom stereocenters. The van der Waals surface area contributed by atoms with Crippen molar-refractivity contribution < 1.29 is 9.53 Å². The van der Waals surface area contributed by atoms with Gasteiger partial charge in [-0.15, -0.1) is 10.2 Å². The highest BCUT2D eigenvalue weighted by molar-refractivity contribution is 7.99. The largest absolute Gasteiger partial charge is 0.494 e. The van der Waals surface area contributed by atoms with Gasteiger partial charge in [-0.2, -0.15) is 0 Å². The second-order valence-corrected chi connectivity index (χ2v) is 6.63. The lowest BCUT2D eigenvalue weighted by Gasteiger charge is -2.06. The zero-order valence-corrected chi connectivity index (χ0v) is 15.8. The second kappa shape index (κ2) is 9.09. The molecular formula is C19H21N5O2S. The first-order chi connectivity index (χ1) is 13.2. The monoisotopic (exact) mass is 383 g/mol. The standard InChI is InChI=1S/C19H21N5O2S/c1-2-26-16-10-8-15(9-11-16)18-22-23-19(24(18)20)27-13-17(25)21-12-14-6-4-3-5-7-14/h3-11H,2,12-13,20H2,1H3,(H,21,25). The first-order valence-corrected chi connectivity index (χ1v) is 9.53. The van der Waals surface area contributed by atoms with Crippen LogP contribution in [-0.2, 0) is 11.3 Å². The smallest absolute Gasteiger partial charge is 0.230 e. The number of nitrogens with two attached hydrogens (primary N) is 1. The molecule has 0 spiro atoms. The highest BCUT2D eigenvalue weighted by Crippen LogP contribution is 2.23. The number of thioether (sulfide) groups is 1. The number of ether oxygens (including phenoxy) is 1. The number of amides is 1. The molecular weight excluding hydrogens is 362 g/mol. The number of hydrogen-bond acceptors (Lipinski definition) is 6. The molecule has 1 amide bonds. The summed E-state index contributed by atoms with van der Waals surface area (Å²) in [4.78, 5) is 12.0. The fraction of sp³-hybridized carbons (Fsp3) is 0.211. The van der Waals surface area contributed by atoms with Gasteiger partial charge >= 0.3 is 0 Å². The number of nitrogen functional groups attached to an aromatic ring is 1. The molecule has 0 bridgehead atoms. The number of hydrogen-bond donors (Lipinski definition) is 2. The minimum absolute atomic E-state index is 0.0885. The predicted octanol–water partition coefficient (Wildman–Crippen LogP) is 2.47. The fourth-order valence-corrected chi connectivity index (χ4v) is 3.10. The molecule has 0 aliphatic heterocycles. The Morgan fingerprint density at radius 1 is 1.15 bits per heavy atom. The molecule has 0 aliphatic carbocycles. The molecule has 0 saturated carbocycles. The third kappa shape index (κ3) is 5.01. The normalized spacial score (nSPS) is 10.6. The van der Waals surface area contributed by atoms with E-state index in [-0.39, 0.29) is 11.7 Å². The van der Waals surface area contributed by atoms with Crippen LogP contribution in [0.5, 0.6) is 5.75 Å². The zero-order valence-electron chi connectivity index (χ0n) is 15.0. The summed E-state index contributed by atoms with van der Waals surface area (Å²) in [5.41, 5.74) is 1.88. The van der Waals surface area contributed by atoms with Crippen LogP contribution in [0.2, 0.25) is 0 Å². The molecule has 2 aromatic carbocycles. The number of benzene rings is 2. The van der Waals surface area contributed by atoms with Crippen molar-refractivity contribution in [3.05, 3.63) is 60.2 Å². The Labute approximate surface area is 161 Å². The van der Waals surface area contributed by atoms with Gasteiger partial charge in [0.25, 0.3) is 0 Å². The van der Waals surface area contributed by atoms with Gasteiger partial charge in [0.1, 0.15) is 5.75 Å². The molecule has 3 aromatic rings. The number of carbonyl (C=O) groups is 1. The number of nitrogens with zero attached hydrogens (tertiary/aromatic N) is 3. The van der Waals surface area contributed by atoms with Crippen molar-refractivity contribution in [3.8, 4) is 17.1 Å². The lowest BCUT2D eigenvalue weighted by atomic mass is 10.2. The number of nitrogens with one attached hydrogen (secondary N) is 1. The first-order valence-electron chi connectivity index (χ1n) is 8.54. The Morgan fingerprint density at radius 3 is 2.59 bits per heavy atom. The van der Waals surface area contributed by atoms with Crippen molar-refractivity contribution in [2.75, 3.05) is 18.2 Å². The van der Waals surface area contributed by atoms with Gasteiger partial charge in [-0.25, -0.2) is 4.68 Å². The number of carbonyl (C=O) groups excluding carboxylic acids is 1. The van der Waals surface area contributed by atoms with E-state index < -0.39 is 0 Å². The van der Waals surface area contributed by atoms with E-state index in [0.717, 1.165) is 16.9 Å². The van der Waals surface area contributed by atoms with Gasteiger partial charge in [0.15, 0.2) is 5.82 Å². The molecule has 0 radical (unpaired) electrons. The van der Waals surface area contributed by atoms with Gasteiger partial charge in [0, 0.05) is 12.1 Å². The number of rotatable bonds is 8. The van der Waals surface area contributed by atoms with E-state index in [0.29, 0.717) is 24.1 Å². The van der Waals surface area contributed by atoms with Crippen molar-refractivity contribution in [1.29, 1.82) is 0 Å². The molecule has 140 valence electrons. The maximum atomic E-state index is 12.0. The third-order valence-corrected chi connectivity index (χ3v) is 4.70. The predicted molar refractivity (Wildman–Crippen MR) is 106 cm³/mol. The maximum Gasteiger partial charge on any atom is 0.230 e. The Bertz CT molecular complexity index is 881. The molecule has 0 unspecified atom stereocenters. The van der Waals surface area contributed by atoms with Crippen molar-refractivity contribution in [3.63, 3.8) is 0 Å². The quantitative estimate of drug-likeness (QED) is 0.458. The molecule has 8 heteroatoms. The molecule has 3 N–H and O–H groups in total. The summed E-state index contributed by atoms with van der Waals surface area (Å²) in [6, 6.07) is 17.2. The summed E-state index contributed by atoms with van der Waals surface area (Å²) >= 11 is 1.24. The Balaban J connectivity index is 1.56. The van der Waals surface area contributed by atoms with Crippen LogP contribution >= 0.6 is 11.8 Å². The van der Waals surface area contributed by atoms with E-state index in [1.807, 2.05) is 61.5 Å². The van der Waals surface area contributed by atoms with Crippen LogP contribution in [0, 0.1) is 0 Å². The van der Waals surface area contributed by atoms with Crippen LogP contribution in [0.4, 0.5) is 0 Å². The molecule has 1 heterocycles. The van der Waals surface area contributed by atoms with Gasteiger partial charge in [-0.05, 0) is 36.8 Å². The molecule has 0 saturated heterocycles. The van der Waals surface area contributed by atoms with E-state index in [9.17, 15) is 4.79 Å². The summed E-state index contributed by atoms with van der Waals surface area (Å²) in [5, 5.41) is 11.6. The van der Waals surface area contributed by atoms with Crippen LogP contribution in [0.1, 0.15) is 12.5 Å². The highest BCUT2D eigenvalue weighted by Gasteiger charge is 2.14. The minimum atomic E-state index is -0.0885. The summed E-state index contributed by atoms with van der Waals surface area (Å²) in [7, 11) is 0.